The first-order chi connectivity index (χ1) is 12.5. The molecule has 26 heavy (non-hydrogen) atoms. The molecule has 2 atom stereocenters. The van der Waals surface area contributed by atoms with E-state index in [-0.39, 0.29) is 11.5 Å². The number of β-amino-alcohol motifs (C(OH)–C–C–N with tert-alkyl or cyclic N) is 1. The van der Waals surface area contributed by atoms with Gasteiger partial charge in [0, 0.05) is 49.8 Å². The van der Waals surface area contributed by atoms with Crippen molar-refractivity contribution >= 4 is 5.65 Å². The highest BCUT2D eigenvalue weighted by Crippen LogP contribution is 2.23. The number of hydrogen-bond donors (Lipinski definition) is 1. The van der Waals surface area contributed by atoms with Crippen molar-refractivity contribution in [2.45, 2.75) is 32.9 Å². The van der Waals surface area contributed by atoms with Crippen LogP contribution < -0.4 is 5.56 Å². The molecule has 1 fully saturated rings. The second-order valence-electron chi connectivity index (χ2n) is 7.11. The standard InChI is InChI=1S/C19H22N4O3/c1-12-6-16(26-21-12)7-14-9-22(11-17(14)24)10-15-8-19(25)23-13(2)4-3-5-18(23)20-15/h3-6,8,14,17,24H,7,9-11H2,1-2H3/t14-,17+/m1/s1. The van der Waals surface area contributed by atoms with E-state index in [1.807, 2.05) is 38.1 Å². The van der Waals surface area contributed by atoms with Gasteiger partial charge < -0.3 is 9.63 Å². The molecular weight excluding hydrogens is 332 g/mol. The molecule has 3 aromatic heterocycles. The van der Waals surface area contributed by atoms with Gasteiger partial charge in [0.15, 0.2) is 0 Å². The lowest BCUT2D eigenvalue weighted by Gasteiger charge is -2.15. The molecule has 1 saturated heterocycles. The number of aryl methyl sites for hydroxylation is 2. The molecule has 136 valence electrons. The van der Waals surface area contributed by atoms with Crippen LogP contribution in [0.3, 0.4) is 0 Å². The van der Waals surface area contributed by atoms with Crippen LogP contribution >= 0.6 is 0 Å². The molecule has 7 nitrogen and oxygen atoms in total. The molecule has 4 rings (SSSR count). The molecule has 3 aromatic rings. The summed E-state index contributed by atoms with van der Waals surface area (Å²) in [4.78, 5) is 19.1. The Labute approximate surface area is 150 Å². The number of rotatable bonds is 4. The maximum Gasteiger partial charge on any atom is 0.258 e. The van der Waals surface area contributed by atoms with E-state index in [0.717, 1.165) is 29.4 Å². The minimum Gasteiger partial charge on any atom is -0.391 e. The van der Waals surface area contributed by atoms with E-state index in [4.69, 9.17) is 4.52 Å². The zero-order valence-electron chi connectivity index (χ0n) is 14.9. The van der Waals surface area contributed by atoms with Gasteiger partial charge in [-0.3, -0.25) is 14.1 Å². The monoisotopic (exact) mass is 354 g/mol. The first-order valence-corrected chi connectivity index (χ1v) is 8.80. The number of aromatic nitrogens is 3. The predicted octanol–water partition coefficient (Wildman–Crippen LogP) is 1.33. The van der Waals surface area contributed by atoms with Gasteiger partial charge in [0.2, 0.25) is 0 Å². The lowest BCUT2D eigenvalue weighted by atomic mass is 10.0. The Hall–Kier alpha value is -2.51. The largest absolute Gasteiger partial charge is 0.391 e. The molecule has 0 spiro atoms. The molecule has 0 aliphatic carbocycles. The van der Waals surface area contributed by atoms with Gasteiger partial charge in [0.05, 0.1) is 17.5 Å². The highest BCUT2D eigenvalue weighted by Gasteiger charge is 2.32. The summed E-state index contributed by atoms with van der Waals surface area (Å²) in [5.41, 5.74) is 3.02. The van der Waals surface area contributed by atoms with Crippen LogP contribution in [0.25, 0.3) is 5.65 Å². The lowest BCUT2D eigenvalue weighted by molar-refractivity contribution is 0.137. The van der Waals surface area contributed by atoms with Gasteiger partial charge in [-0.1, -0.05) is 11.2 Å². The van der Waals surface area contributed by atoms with Crippen molar-refractivity contribution in [2.75, 3.05) is 13.1 Å². The first kappa shape index (κ1) is 16.9. The summed E-state index contributed by atoms with van der Waals surface area (Å²) in [5, 5.41) is 14.3. The average molecular weight is 354 g/mol. The van der Waals surface area contributed by atoms with E-state index < -0.39 is 6.10 Å². The third-order valence-corrected chi connectivity index (χ3v) is 4.94. The zero-order valence-corrected chi connectivity index (χ0v) is 14.9. The highest BCUT2D eigenvalue weighted by atomic mass is 16.5. The van der Waals surface area contributed by atoms with Crippen molar-refractivity contribution in [1.29, 1.82) is 0 Å². The number of hydrogen-bond acceptors (Lipinski definition) is 6. The Balaban J connectivity index is 1.49. The Morgan fingerprint density at radius 3 is 2.88 bits per heavy atom. The molecule has 0 aromatic carbocycles. The first-order valence-electron chi connectivity index (χ1n) is 8.80. The van der Waals surface area contributed by atoms with E-state index in [1.165, 1.54) is 0 Å². The predicted molar refractivity (Wildman–Crippen MR) is 95.9 cm³/mol. The van der Waals surface area contributed by atoms with E-state index in [9.17, 15) is 9.90 Å². The number of nitrogens with zero attached hydrogens (tertiary/aromatic N) is 4. The summed E-state index contributed by atoms with van der Waals surface area (Å²) in [6.45, 7) is 5.61. The van der Waals surface area contributed by atoms with Gasteiger partial charge in [-0.25, -0.2) is 4.98 Å². The fourth-order valence-corrected chi connectivity index (χ4v) is 3.72. The quantitative estimate of drug-likeness (QED) is 0.761. The van der Waals surface area contributed by atoms with Crippen molar-refractivity contribution in [3.63, 3.8) is 0 Å². The Morgan fingerprint density at radius 1 is 1.27 bits per heavy atom. The average Bonchev–Trinajstić information content (AvgIpc) is 3.13. The van der Waals surface area contributed by atoms with E-state index in [0.29, 0.717) is 25.2 Å². The maximum absolute atomic E-state index is 12.4. The number of aliphatic hydroxyl groups excluding tert-OH is 1. The molecule has 1 aliphatic heterocycles. The summed E-state index contributed by atoms with van der Waals surface area (Å²) in [6, 6.07) is 9.12. The molecule has 4 heterocycles. The molecular formula is C19H22N4O3. The second kappa shape index (κ2) is 6.66. The molecule has 0 bridgehead atoms. The van der Waals surface area contributed by atoms with Crippen molar-refractivity contribution in [1.82, 2.24) is 19.4 Å². The van der Waals surface area contributed by atoms with Crippen LogP contribution in [0.1, 0.15) is 22.8 Å². The number of pyridine rings is 1. The molecule has 0 unspecified atom stereocenters. The zero-order chi connectivity index (χ0) is 18.3. The van der Waals surface area contributed by atoms with Gasteiger partial charge in [-0.15, -0.1) is 0 Å². The van der Waals surface area contributed by atoms with Crippen LogP contribution in [0.5, 0.6) is 0 Å². The van der Waals surface area contributed by atoms with Gasteiger partial charge in [0.1, 0.15) is 11.4 Å². The van der Waals surface area contributed by atoms with E-state index in [1.54, 1.807) is 10.5 Å². The lowest BCUT2D eigenvalue weighted by Crippen LogP contribution is -2.24. The fraction of sp³-hybridized carbons (Fsp3) is 0.421. The van der Waals surface area contributed by atoms with Crippen LogP contribution in [0.4, 0.5) is 0 Å². The van der Waals surface area contributed by atoms with Crippen LogP contribution in [0, 0.1) is 19.8 Å². The Kier molecular flexibility index (Phi) is 4.34. The summed E-state index contributed by atoms with van der Waals surface area (Å²) in [7, 11) is 0. The van der Waals surface area contributed by atoms with E-state index >= 15 is 0 Å². The van der Waals surface area contributed by atoms with Gasteiger partial charge >= 0.3 is 0 Å². The smallest absolute Gasteiger partial charge is 0.258 e. The van der Waals surface area contributed by atoms with Crippen molar-refractivity contribution in [2.24, 2.45) is 5.92 Å². The SMILES string of the molecule is Cc1cc(C[C@@H]2CN(Cc3cc(=O)n4c(C)cccc4n3)C[C@@H]2O)on1. The summed E-state index contributed by atoms with van der Waals surface area (Å²) < 4.78 is 6.88. The number of fused-ring (bicyclic) bond motifs is 1. The van der Waals surface area contributed by atoms with Crippen molar-refractivity contribution in [3.05, 3.63) is 63.5 Å². The summed E-state index contributed by atoms with van der Waals surface area (Å²) in [6.07, 6.45) is 0.232. The fourth-order valence-electron chi connectivity index (χ4n) is 3.72. The second-order valence-corrected chi connectivity index (χ2v) is 7.11. The highest BCUT2D eigenvalue weighted by molar-refractivity contribution is 5.40. The van der Waals surface area contributed by atoms with E-state index in [2.05, 4.69) is 15.0 Å². The minimum absolute atomic E-state index is 0.0727. The van der Waals surface area contributed by atoms with Crippen LogP contribution in [0.15, 0.2) is 39.6 Å². The van der Waals surface area contributed by atoms with Gasteiger partial charge in [0.25, 0.3) is 5.56 Å². The van der Waals surface area contributed by atoms with Gasteiger partial charge in [-0.2, -0.15) is 0 Å². The minimum atomic E-state index is -0.427. The Morgan fingerprint density at radius 2 is 2.12 bits per heavy atom. The Bertz CT molecular complexity index is 994. The number of aliphatic hydroxyl groups is 1. The molecule has 1 aliphatic rings. The van der Waals surface area contributed by atoms with Gasteiger partial charge in [-0.05, 0) is 26.0 Å². The van der Waals surface area contributed by atoms with Crippen molar-refractivity contribution in [3.8, 4) is 0 Å². The topological polar surface area (TPSA) is 83.9 Å². The summed E-state index contributed by atoms with van der Waals surface area (Å²) >= 11 is 0. The molecule has 7 heteroatoms. The van der Waals surface area contributed by atoms with Crippen LogP contribution in [0.2, 0.25) is 0 Å². The summed E-state index contributed by atoms with van der Waals surface area (Å²) in [5.74, 6) is 0.886. The van der Waals surface area contributed by atoms with Crippen molar-refractivity contribution < 1.29 is 9.63 Å². The third-order valence-electron chi connectivity index (χ3n) is 4.94. The number of likely N-dealkylation sites (tertiary alicyclic amines) is 1. The molecule has 0 radical (unpaired) electrons. The van der Waals surface area contributed by atoms with Crippen LogP contribution in [-0.4, -0.2) is 43.7 Å². The third kappa shape index (κ3) is 3.27. The maximum atomic E-state index is 12.4. The molecule has 0 saturated carbocycles. The molecule has 0 amide bonds. The normalized spacial score (nSPS) is 20.9. The van der Waals surface area contributed by atoms with Crippen LogP contribution in [-0.2, 0) is 13.0 Å². The molecule has 1 N–H and O–H groups in total.